The first-order chi connectivity index (χ1) is 15.1. The summed E-state index contributed by atoms with van der Waals surface area (Å²) in [6.07, 6.45) is 2.11. The second kappa shape index (κ2) is 8.48. The first-order valence-corrected chi connectivity index (χ1v) is 12.5. The normalized spacial score (nSPS) is 17.4. The van der Waals surface area contributed by atoms with E-state index >= 15 is 0 Å². The molecule has 0 aromatic heterocycles. The molecular formula is C23H28ClN3O4S. The van der Waals surface area contributed by atoms with Gasteiger partial charge < -0.3 is 14.5 Å². The fourth-order valence-electron chi connectivity index (χ4n) is 4.48. The third kappa shape index (κ3) is 4.38. The van der Waals surface area contributed by atoms with Crippen LogP contribution in [0.4, 0.5) is 11.4 Å². The van der Waals surface area contributed by atoms with Gasteiger partial charge in [0.2, 0.25) is 5.91 Å². The molecular weight excluding hydrogens is 450 g/mol. The maximum atomic E-state index is 13.1. The number of nitrogens with zero attached hydrogens (tertiary/aromatic N) is 2. The minimum atomic E-state index is -3.87. The summed E-state index contributed by atoms with van der Waals surface area (Å²) < 4.78 is 34.1. The lowest BCUT2D eigenvalue weighted by molar-refractivity contribution is -0.128. The van der Waals surface area contributed by atoms with Crippen molar-refractivity contribution >= 4 is 38.9 Å². The number of hydrogen-bond acceptors (Lipinski definition) is 5. The predicted octanol–water partition coefficient (Wildman–Crippen LogP) is 3.87. The molecule has 2 heterocycles. The molecule has 0 bridgehead atoms. The van der Waals surface area contributed by atoms with Crippen molar-refractivity contribution in [3.63, 3.8) is 0 Å². The van der Waals surface area contributed by atoms with Crippen molar-refractivity contribution in [2.75, 3.05) is 42.9 Å². The molecule has 0 spiro atoms. The van der Waals surface area contributed by atoms with Gasteiger partial charge in [0.15, 0.2) is 0 Å². The molecule has 0 unspecified atom stereocenters. The van der Waals surface area contributed by atoms with Crippen LogP contribution in [0.1, 0.15) is 32.3 Å². The van der Waals surface area contributed by atoms with Gasteiger partial charge in [-0.25, -0.2) is 8.42 Å². The van der Waals surface area contributed by atoms with E-state index in [4.69, 9.17) is 16.3 Å². The third-order valence-corrected chi connectivity index (χ3v) is 7.72. The van der Waals surface area contributed by atoms with Gasteiger partial charge in [-0.1, -0.05) is 25.4 Å². The van der Waals surface area contributed by atoms with Crippen LogP contribution in [-0.4, -0.2) is 52.5 Å². The summed E-state index contributed by atoms with van der Waals surface area (Å²) in [5, 5.41) is 0.400. The molecule has 32 heavy (non-hydrogen) atoms. The number of likely N-dealkylation sites (tertiary alicyclic amines) is 1. The van der Waals surface area contributed by atoms with Crippen LogP contribution in [0, 0.1) is 0 Å². The second-order valence-electron chi connectivity index (χ2n) is 8.96. The SMILES string of the molecule is COc1ccc(Cl)cc1NS(=O)(=O)c1ccc2c(c1)C(C)(C)CN2CC(=O)N1CCCC1. The summed E-state index contributed by atoms with van der Waals surface area (Å²) in [5.41, 5.74) is 1.80. The van der Waals surface area contributed by atoms with Crippen molar-refractivity contribution in [3.8, 4) is 5.75 Å². The molecule has 1 amide bonds. The van der Waals surface area contributed by atoms with Crippen molar-refractivity contribution in [2.24, 2.45) is 0 Å². The maximum Gasteiger partial charge on any atom is 0.262 e. The topological polar surface area (TPSA) is 79.0 Å². The number of methoxy groups -OCH3 is 1. The molecule has 172 valence electrons. The molecule has 0 radical (unpaired) electrons. The van der Waals surface area contributed by atoms with E-state index in [1.165, 1.54) is 13.2 Å². The first kappa shape index (κ1) is 22.7. The van der Waals surface area contributed by atoms with Gasteiger partial charge in [0.1, 0.15) is 5.75 Å². The number of ether oxygens (including phenoxy) is 1. The van der Waals surface area contributed by atoms with E-state index in [1.54, 1.807) is 30.3 Å². The number of carbonyl (C=O) groups excluding carboxylic acids is 1. The van der Waals surface area contributed by atoms with Crippen LogP contribution >= 0.6 is 11.6 Å². The Bertz CT molecular complexity index is 1140. The maximum absolute atomic E-state index is 13.1. The van der Waals surface area contributed by atoms with E-state index in [0.29, 0.717) is 23.9 Å². The quantitative estimate of drug-likeness (QED) is 0.683. The molecule has 2 aliphatic heterocycles. The lowest BCUT2D eigenvalue weighted by Gasteiger charge is -2.24. The molecule has 1 N–H and O–H groups in total. The highest BCUT2D eigenvalue weighted by atomic mass is 35.5. The van der Waals surface area contributed by atoms with E-state index < -0.39 is 10.0 Å². The van der Waals surface area contributed by atoms with Crippen LogP contribution in [0.15, 0.2) is 41.3 Å². The smallest absolute Gasteiger partial charge is 0.262 e. The molecule has 4 rings (SSSR count). The third-order valence-electron chi connectivity index (χ3n) is 6.13. The van der Waals surface area contributed by atoms with Gasteiger partial charge in [0.25, 0.3) is 10.0 Å². The van der Waals surface area contributed by atoms with Crippen LogP contribution in [-0.2, 0) is 20.2 Å². The molecule has 1 saturated heterocycles. The molecule has 2 aliphatic rings. The van der Waals surface area contributed by atoms with Gasteiger partial charge in [-0.05, 0) is 54.8 Å². The van der Waals surface area contributed by atoms with Gasteiger partial charge in [-0.2, -0.15) is 0 Å². The van der Waals surface area contributed by atoms with Crippen LogP contribution in [0.5, 0.6) is 5.75 Å². The number of benzene rings is 2. The van der Waals surface area contributed by atoms with Crippen LogP contribution < -0.4 is 14.4 Å². The average molecular weight is 478 g/mol. The average Bonchev–Trinajstić information content (AvgIpc) is 3.35. The number of rotatable bonds is 6. The Hall–Kier alpha value is -2.45. The van der Waals surface area contributed by atoms with E-state index in [9.17, 15) is 13.2 Å². The molecule has 2 aromatic rings. The lowest BCUT2D eigenvalue weighted by atomic mass is 9.87. The summed E-state index contributed by atoms with van der Waals surface area (Å²) >= 11 is 6.04. The van der Waals surface area contributed by atoms with E-state index in [1.807, 2.05) is 4.90 Å². The largest absolute Gasteiger partial charge is 0.495 e. The Kier molecular flexibility index (Phi) is 6.02. The summed E-state index contributed by atoms with van der Waals surface area (Å²) in [6.45, 7) is 6.73. The zero-order chi connectivity index (χ0) is 23.1. The molecule has 0 atom stereocenters. The molecule has 0 saturated carbocycles. The van der Waals surface area contributed by atoms with E-state index in [2.05, 4.69) is 23.5 Å². The fraction of sp³-hybridized carbons (Fsp3) is 0.435. The Morgan fingerprint density at radius 2 is 1.88 bits per heavy atom. The van der Waals surface area contributed by atoms with Crippen molar-refractivity contribution in [1.29, 1.82) is 0 Å². The molecule has 9 heteroatoms. The number of hydrogen-bond donors (Lipinski definition) is 1. The number of anilines is 2. The van der Waals surface area contributed by atoms with E-state index in [-0.39, 0.29) is 21.9 Å². The van der Waals surface area contributed by atoms with Gasteiger partial charge in [0, 0.05) is 35.8 Å². The predicted molar refractivity (Wildman–Crippen MR) is 126 cm³/mol. The Morgan fingerprint density at radius 3 is 2.56 bits per heavy atom. The standard InChI is InChI=1S/C23H28ClN3O4S/c1-23(2)15-27(14-22(28)26-10-4-5-11-26)20-8-7-17(13-18(20)23)32(29,30)25-19-12-16(24)6-9-21(19)31-3/h6-9,12-13,25H,4-5,10-11,14-15H2,1-3H3. The summed E-state index contributed by atoms with van der Waals surface area (Å²) in [6, 6.07) is 9.84. The van der Waals surface area contributed by atoms with Gasteiger partial charge in [0.05, 0.1) is 24.2 Å². The number of carbonyl (C=O) groups is 1. The minimum absolute atomic E-state index is 0.123. The van der Waals surface area contributed by atoms with Crippen LogP contribution in [0.2, 0.25) is 5.02 Å². The first-order valence-electron chi connectivity index (χ1n) is 10.6. The van der Waals surface area contributed by atoms with Gasteiger partial charge >= 0.3 is 0 Å². The summed E-state index contributed by atoms with van der Waals surface area (Å²) in [4.78, 5) is 16.8. The summed E-state index contributed by atoms with van der Waals surface area (Å²) in [7, 11) is -2.40. The van der Waals surface area contributed by atoms with Crippen LogP contribution in [0.25, 0.3) is 0 Å². The van der Waals surface area contributed by atoms with Crippen molar-refractivity contribution in [2.45, 2.75) is 37.0 Å². The van der Waals surface area contributed by atoms with Gasteiger partial charge in [-0.15, -0.1) is 0 Å². The highest BCUT2D eigenvalue weighted by Crippen LogP contribution is 2.42. The number of fused-ring (bicyclic) bond motifs is 1. The Morgan fingerprint density at radius 1 is 1.16 bits per heavy atom. The highest BCUT2D eigenvalue weighted by Gasteiger charge is 2.37. The molecule has 2 aromatic carbocycles. The number of sulfonamides is 1. The van der Waals surface area contributed by atoms with E-state index in [0.717, 1.165) is 37.2 Å². The zero-order valence-corrected chi connectivity index (χ0v) is 20.1. The monoisotopic (exact) mass is 477 g/mol. The minimum Gasteiger partial charge on any atom is -0.495 e. The van der Waals surface area contributed by atoms with Crippen molar-refractivity contribution in [3.05, 3.63) is 47.0 Å². The van der Waals surface area contributed by atoms with Crippen molar-refractivity contribution in [1.82, 2.24) is 4.90 Å². The molecule has 7 nitrogen and oxygen atoms in total. The second-order valence-corrected chi connectivity index (χ2v) is 11.1. The lowest BCUT2D eigenvalue weighted by Crippen LogP contribution is -2.40. The molecule has 1 fully saturated rings. The highest BCUT2D eigenvalue weighted by molar-refractivity contribution is 7.92. The number of halogens is 1. The Labute approximate surface area is 194 Å². The number of amides is 1. The van der Waals surface area contributed by atoms with Crippen molar-refractivity contribution < 1.29 is 17.9 Å². The van der Waals surface area contributed by atoms with Crippen LogP contribution in [0.3, 0.4) is 0 Å². The fourth-order valence-corrected chi connectivity index (χ4v) is 5.74. The zero-order valence-electron chi connectivity index (χ0n) is 18.5. The number of nitrogens with one attached hydrogen (secondary N) is 1. The Balaban J connectivity index is 1.61. The molecule has 0 aliphatic carbocycles. The summed E-state index contributed by atoms with van der Waals surface area (Å²) in [5.74, 6) is 0.503. The van der Waals surface area contributed by atoms with Gasteiger partial charge in [-0.3, -0.25) is 9.52 Å².